The molecular formula is C33H44O6. The minimum Gasteiger partial charge on any atom is -0.496 e. The van der Waals surface area contributed by atoms with Crippen molar-refractivity contribution in [2.45, 2.75) is 77.0 Å². The van der Waals surface area contributed by atoms with Crippen LogP contribution >= 0.6 is 0 Å². The minimum atomic E-state index is -0.368. The number of unbranched alkanes of at least 4 members (excludes halogenated alkanes) is 3. The molecule has 1 aliphatic carbocycles. The van der Waals surface area contributed by atoms with Crippen molar-refractivity contribution in [2.24, 2.45) is 5.92 Å². The van der Waals surface area contributed by atoms with E-state index in [4.69, 9.17) is 14.2 Å². The second kappa shape index (κ2) is 18.8. The number of carbonyl (C=O) groups is 3. The summed E-state index contributed by atoms with van der Waals surface area (Å²) < 4.78 is 15.6. The molecule has 2 aromatic carbocycles. The van der Waals surface area contributed by atoms with Crippen LogP contribution in [-0.2, 0) is 9.53 Å². The summed E-state index contributed by atoms with van der Waals surface area (Å²) >= 11 is 0. The summed E-state index contributed by atoms with van der Waals surface area (Å²) in [5.41, 5.74) is 2.62. The van der Waals surface area contributed by atoms with Crippen LogP contribution in [0.1, 0.15) is 103 Å². The van der Waals surface area contributed by atoms with Gasteiger partial charge in [-0.15, -0.1) is 0 Å². The Hall–Kier alpha value is -3.41. The number of ether oxygens (including phenoxy) is 3. The molecule has 0 amide bonds. The molecule has 6 nitrogen and oxygen atoms in total. The molecule has 0 spiro atoms. The van der Waals surface area contributed by atoms with Gasteiger partial charge in [0.1, 0.15) is 17.8 Å². The Kier molecular flexibility index (Phi) is 15.3. The number of rotatable bonds is 15. The van der Waals surface area contributed by atoms with E-state index in [0.717, 1.165) is 49.9 Å². The van der Waals surface area contributed by atoms with Crippen LogP contribution in [0.2, 0.25) is 0 Å². The van der Waals surface area contributed by atoms with E-state index < -0.39 is 0 Å². The molecule has 0 bridgehead atoms. The lowest BCUT2D eigenvalue weighted by Crippen LogP contribution is -2.13. The van der Waals surface area contributed by atoms with Crippen LogP contribution in [0.15, 0.2) is 55.1 Å². The van der Waals surface area contributed by atoms with Crippen LogP contribution in [0.5, 0.6) is 11.5 Å². The summed E-state index contributed by atoms with van der Waals surface area (Å²) in [5, 5.41) is 0. The Bertz CT molecular complexity index is 1010. The van der Waals surface area contributed by atoms with Gasteiger partial charge < -0.3 is 14.2 Å². The first-order chi connectivity index (χ1) is 19.0. The van der Waals surface area contributed by atoms with Gasteiger partial charge in [0, 0.05) is 11.6 Å². The molecule has 0 heterocycles. The van der Waals surface area contributed by atoms with Crippen molar-refractivity contribution >= 4 is 18.5 Å². The van der Waals surface area contributed by atoms with E-state index in [2.05, 4.69) is 19.6 Å². The van der Waals surface area contributed by atoms with Crippen LogP contribution < -0.4 is 9.47 Å². The van der Waals surface area contributed by atoms with E-state index in [-0.39, 0.29) is 5.97 Å². The van der Waals surface area contributed by atoms with Gasteiger partial charge in [0.25, 0.3) is 0 Å². The smallest absolute Gasteiger partial charge is 0.330 e. The lowest BCUT2D eigenvalue weighted by molar-refractivity contribution is -0.137. The van der Waals surface area contributed by atoms with E-state index in [1.807, 2.05) is 12.1 Å². The highest BCUT2D eigenvalue weighted by Gasteiger charge is 2.22. The molecule has 1 saturated carbocycles. The van der Waals surface area contributed by atoms with Crippen molar-refractivity contribution in [1.29, 1.82) is 0 Å². The lowest BCUT2D eigenvalue weighted by atomic mass is 9.77. The number of esters is 1. The average molecular weight is 537 g/mol. The van der Waals surface area contributed by atoms with Crippen LogP contribution in [0.3, 0.4) is 0 Å². The zero-order valence-electron chi connectivity index (χ0n) is 23.6. The third-order valence-electron chi connectivity index (χ3n) is 7.13. The molecule has 2 aromatic rings. The zero-order valence-corrected chi connectivity index (χ0v) is 23.6. The number of carbonyl (C=O) groups excluding carboxylic acids is 3. The van der Waals surface area contributed by atoms with E-state index >= 15 is 0 Å². The van der Waals surface area contributed by atoms with Gasteiger partial charge in [-0.05, 0) is 105 Å². The van der Waals surface area contributed by atoms with Gasteiger partial charge in [0.2, 0.25) is 0 Å². The van der Waals surface area contributed by atoms with E-state index in [0.29, 0.717) is 36.0 Å². The summed E-state index contributed by atoms with van der Waals surface area (Å²) in [4.78, 5) is 32.3. The molecule has 212 valence electrons. The molecule has 0 N–H and O–H groups in total. The number of hydrogen-bond donors (Lipinski definition) is 0. The number of methoxy groups -OCH3 is 1. The SMILES string of the molecule is C=CC(=O)OCCCCCCOc1ccc(C=O)cc1.CCCC1CCC(c2ccc(OC)c(C=O)c2)CC1. The van der Waals surface area contributed by atoms with E-state index in [1.54, 1.807) is 31.4 Å². The number of aldehydes is 2. The second-order valence-electron chi connectivity index (χ2n) is 9.95. The number of hydrogen-bond acceptors (Lipinski definition) is 6. The summed E-state index contributed by atoms with van der Waals surface area (Å²) in [5.74, 6) is 2.63. The zero-order chi connectivity index (χ0) is 28.3. The fourth-order valence-corrected chi connectivity index (χ4v) is 4.91. The van der Waals surface area contributed by atoms with Crippen molar-refractivity contribution in [1.82, 2.24) is 0 Å². The van der Waals surface area contributed by atoms with Gasteiger partial charge in [-0.2, -0.15) is 0 Å². The molecule has 0 atom stereocenters. The fourth-order valence-electron chi connectivity index (χ4n) is 4.91. The lowest BCUT2D eigenvalue weighted by Gasteiger charge is -2.28. The predicted molar refractivity (Wildman–Crippen MR) is 155 cm³/mol. The van der Waals surface area contributed by atoms with Gasteiger partial charge in [-0.3, -0.25) is 9.59 Å². The molecule has 0 unspecified atom stereocenters. The highest BCUT2D eigenvalue weighted by atomic mass is 16.5. The standard InChI is InChI=1S/C17H24O2.C16H20O4/c1-3-4-13-5-7-14(8-6-13)15-9-10-17(19-2)16(11-15)12-18;1-2-16(18)20-12-6-4-3-5-11-19-15-9-7-14(13-17)8-10-15/h9-14H,3-8H2,1-2H3;2,7-10,13H,1,3-6,11-12H2. The quantitative estimate of drug-likeness (QED) is 0.100. The van der Waals surface area contributed by atoms with Crippen molar-refractivity contribution < 1.29 is 28.6 Å². The highest BCUT2D eigenvalue weighted by Crippen LogP contribution is 2.38. The second-order valence-corrected chi connectivity index (χ2v) is 9.95. The highest BCUT2D eigenvalue weighted by molar-refractivity contribution is 5.81. The Morgan fingerprint density at radius 2 is 1.62 bits per heavy atom. The van der Waals surface area contributed by atoms with E-state index in [1.165, 1.54) is 50.2 Å². The maximum absolute atomic E-state index is 11.1. The Morgan fingerprint density at radius 3 is 2.21 bits per heavy atom. The summed E-state index contributed by atoms with van der Waals surface area (Å²) in [6, 6.07) is 13.1. The largest absolute Gasteiger partial charge is 0.496 e. The fraction of sp³-hybridized carbons (Fsp3) is 0.485. The average Bonchev–Trinajstić information content (AvgIpc) is 2.99. The number of benzene rings is 2. The van der Waals surface area contributed by atoms with Crippen molar-refractivity contribution in [2.75, 3.05) is 20.3 Å². The van der Waals surface area contributed by atoms with Gasteiger partial charge >= 0.3 is 5.97 Å². The first kappa shape index (κ1) is 31.8. The van der Waals surface area contributed by atoms with Gasteiger partial charge in [-0.25, -0.2) is 4.79 Å². The topological polar surface area (TPSA) is 78.9 Å². The Balaban J connectivity index is 0.000000274. The summed E-state index contributed by atoms with van der Waals surface area (Å²) in [6.45, 7) is 6.69. The monoisotopic (exact) mass is 536 g/mol. The van der Waals surface area contributed by atoms with Crippen LogP contribution in [0, 0.1) is 5.92 Å². The molecule has 1 fully saturated rings. The van der Waals surface area contributed by atoms with Crippen molar-refractivity contribution in [3.8, 4) is 11.5 Å². The molecule has 3 rings (SSSR count). The van der Waals surface area contributed by atoms with Crippen molar-refractivity contribution in [3.63, 3.8) is 0 Å². The van der Waals surface area contributed by atoms with Crippen LogP contribution in [0.4, 0.5) is 0 Å². The maximum atomic E-state index is 11.1. The molecule has 0 radical (unpaired) electrons. The normalized spacial score (nSPS) is 16.3. The van der Waals surface area contributed by atoms with Gasteiger partial charge in [-0.1, -0.05) is 32.4 Å². The van der Waals surface area contributed by atoms with Gasteiger partial charge in [0.05, 0.1) is 25.9 Å². The molecule has 0 aliphatic heterocycles. The predicted octanol–water partition coefficient (Wildman–Crippen LogP) is 7.75. The van der Waals surface area contributed by atoms with Crippen molar-refractivity contribution in [3.05, 3.63) is 71.8 Å². The third-order valence-corrected chi connectivity index (χ3v) is 7.13. The molecule has 0 aromatic heterocycles. The van der Waals surface area contributed by atoms with E-state index in [9.17, 15) is 14.4 Å². The molecule has 39 heavy (non-hydrogen) atoms. The Labute approximate surface area is 233 Å². The van der Waals surface area contributed by atoms with Crippen LogP contribution in [-0.4, -0.2) is 38.9 Å². The maximum Gasteiger partial charge on any atom is 0.330 e. The molecule has 1 aliphatic rings. The molecule has 0 saturated heterocycles. The molecule has 6 heteroatoms. The summed E-state index contributed by atoms with van der Waals surface area (Å²) in [7, 11) is 1.61. The minimum absolute atomic E-state index is 0.368. The first-order valence-corrected chi connectivity index (χ1v) is 14.1. The van der Waals surface area contributed by atoms with Crippen LogP contribution in [0.25, 0.3) is 0 Å². The third kappa shape index (κ3) is 11.9. The Morgan fingerprint density at radius 1 is 0.923 bits per heavy atom. The first-order valence-electron chi connectivity index (χ1n) is 14.1. The summed E-state index contributed by atoms with van der Waals surface area (Å²) in [6.07, 6.45) is 14.6. The van der Waals surface area contributed by atoms with Gasteiger partial charge in [0.15, 0.2) is 6.29 Å². The molecular weight excluding hydrogens is 492 g/mol.